The smallest absolute Gasteiger partial charge is 0.222 e. The first kappa shape index (κ1) is 37.8. The fraction of sp³-hybridized carbons (Fsp3) is 0.250. The fourth-order valence-electron chi connectivity index (χ4n) is 0. The molecule has 0 saturated carbocycles. The van der Waals surface area contributed by atoms with Crippen LogP contribution in [0.2, 0.25) is 0 Å². The third-order valence-corrected chi connectivity index (χ3v) is 0. The van der Waals surface area contributed by atoms with Crippen molar-refractivity contribution in [3.63, 3.8) is 0 Å². The van der Waals surface area contributed by atoms with Crippen molar-refractivity contribution in [2.75, 3.05) is 0 Å². The molecule has 0 amide bonds. The van der Waals surface area contributed by atoms with Crippen LogP contribution in [0.4, 0.5) is 0 Å². The van der Waals surface area contributed by atoms with E-state index in [-0.39, 0.29) is 0 Å². The van der Waals surface area contributed by atoms with Crippen LogP contribution in [0.15, 0.2) is 13.2 Å². The maximum atomic E-state index is 8.35. The third kappa shape index (κ3) is 158. The minimum absolute atomic E-state index is 0.750. The molecular weight excluding hydrogens is 216 g/mol. The van der Waals surface area contributed by atoms with E-state index in [1.54, 1.807) is 0 Å². The molecular formula is C8H14N4O4. The summed E-state index contributed by atoms with van der Waals surface area (Å²) in [6, 6.07) is 0. The summed E-state index contributed by atoms with van der Waals surface area (Å²) in [4.78, 5) is 33.4. The summed E-state index contributed by atoms with van der Waals surface area (Å²) >= 11 is 0. The molecule has 0 aromatic rings. The number of isocyanates is 4. The minimum atomic E-state index is 0.750. The van der Waals surface area contributed by atoms with Gasteiger partial charge in [0.1, 0.15) is 0 Å². The van der Waals surface area contributed by atoms with Crippen molar-refractivity contribution in [2.45, 2.75) is 13.8 Å². The summed E-state index contributed by atoms with van der Waals surface area (Å²) in [6.45, 7) is 10.0. The van der Waals surface area contributed by atoms with Crippen molar-refractivity contribution >= 4 is 24.3 Å². The predicted molar refractivity (Wildman–Crippen MR) is 56.3 cm³/mol. The molecule has 90 valence electrons. The summed E-state index contributed by atoms with van der Waals surface area (Å²) in [6.07, 6.45) is 3.00. The van der Waals surface area contributed by atoms with Crippen LogP contribution >= 0.6 is 0 Å². The highest BCUT2D eigenvalue weighted by Crippen LogP contribution is 1.14. The van der Waals surface area contributed by atoms with Gasteiger partial charge in [0.25, 0.3) is 0 Å². The first-order valence-electron chi connectivity index (χ1n) is 3.32. The Kier molecular flexibility index (Phi) is 2310. The Labute approximate surface area is 93.0 Å². The van der Waals surface area contributed by atoms with Crippen LogP contribution in [-0.2, 0) is 19.2 Å². The predicted octanol–water partition coefficient (Wildman–Crippen LogP) is 1.43. The standard InChI is InChI=1S/C2H6.C2H4.4CHNO/c2*1-2;4*2-1-3/h1-2H3;1-2H2;4*2H. The number of nitrogens with one attached hydrogen (secondary N) is 4. The van der Waals surface area contributed by atoms with Gasteiger partial charge in [-0.3, -0.25) is 0 Å². The Morgan fingerprint density at radius 1 is 0.625 bits per heavy atom. The van der Waals surface area contributed by atoms with E-state index in [0.29, 0.717) is 0 Å². The van der Waals surface area contributed by atoms with Gasteiger partial charge in [-0.05, 0) is 0 Å². The summed E-state index contributed by atoms with van der Waals surface area (Å²) < 4.78 is 0. The highest BCUT2D eigenvalue weighted by atomic mass is 16.1. The van der Waals surface area contributed by atoms with E-state index in [9.17, 15) is 0 Å². The highest BCUT2D eigenvalue weighted by molar-refractivity contribution is 5.26. The normalized spacial score (nSPS) is 2.62. The summed E-state index contributed by atoms with van der Waals surface area (Å²) in [5.41, 5.74) is 0. The summed E-state index contributed by atoms with van der Waals surface area (Å²) in [7, 11) is 0. The van der Waals surface area contributed by atoms with Gasteiger partial charge >= 0.3 is 0 Å². The van der Waals surface area contributed by atoms with Crippen LogP contribution in [0, 0.1) is 21.6 Å². The van der Waals surface area contributed by atoms with Gasteiger partial charge in [-0.25, -0.2) is 40.8 Å². The molecule has 16 heavy (non-hydrogen) atoms. The van der Waals surface area contributed by atoms with E-state index in [1.165, 1.54) is 0 Å². The number of hydrogen-bond donors (Lipinski definition) is 4. The van der Waals surface area contributed by atoms with E-state index in [1.807, 2.05) is 13.8 Å². The van der Waals surface area contributed by atoms with Crippen LogP contribution in [0.3, 0.4) is 0 Å². The molecule has 0 bridgehead atoms. The largest absolute Gasteiger partial charge is 0.231 e. The molecule has 0 aliphatic heterocycles. The van der Waals surface area contributed by atoms with Gasteiger partial charge < -0.3 is 0 Å². The monoisotopic (exact) mass is 230 g/mol. The lowest BCUT2D eigenvalue weighted by atomic mass is 11.0. The Morgan fingerprint density at radius 2 is 0.625 bits per heavy atom. The van der Waals surface area contributed by atoms with E-state index in [0.717, 1.165) is 24.3 Å². The second-order valence-corrected chi connectivity index (χ2v) is 0.408. The molecule has 8 heteroatoms. The average molecular weight is 230 g/mol. The van der Waals surface area contributed by atoms with Crippen LogP contribution in [0.5, 0.6) is 0 Å². The van der Waals surface area contributed by atoms with Crippen LogP contribution in [0.1, 0.15) is 13.8 Å². The molecule has 4 N–H and O–H groups in total. The molecule has 0 aliphatic rings. The second-order valence-electron chi connectivity index (χ2n) is 0.408. The van der Waals surface area contributed by atoms with Crippen molar-refractivity contribution in [3.8, 4) is 0 Å². The maximum Gasteiger partial charge on any atom is 0.231 e. The molecule has 0 radical (unpaired) electrons. The van der Waals surface area contributed by atoms with Gasteiger partial charge in [-0.2, -0.15) is 0 Å². The first-order chi connectivity index (χ1) is 7.66. The molecule has 0 spiro atoms. The molecule has 0 fully saturated rings. The first-order valence-corrected chi connectivity index (χ1v) is 3.32. The van der Waals surface area contributed by atoms with E-state index in [4.69, 9.17) is 40.8 Å². The van der Waals surface area contributed by atoms with Crippen molar-refractivity contribution in [2.24, 2.45) is 0 Å². The SMILES string of the molecule is C=C.CC.N=C=O.N=C=O.N=C=O.N=C=O. The van der Waals surface area contributed by atoms with Crippen molar-refractivity contribution in [1.82, 2.24) is 0 Å². The Bertz CT molecular complexity index is 168. The lowest BCUT2D eigenvalue weighted by Crippen LogP contribution is -1.16. The number of hydrogen-bond acceptors (Lipinski definition) is 8. The fourth-order valence-corrected chi connectivity index (χ4v) is 0. The molecule has 0 atom stereocenters. The van der Waals surface area contributed by atoms with Gasteiger partial charge in [0.2, 0.25) is 24.3 Å². The molecule has 0 rings (SSSR count). The molecule has 8 nitrogen and oxygen atoms in total. The van der Waals surface area contributed by atoms with Crippen molar-refractivity contribution < 1.29 is 19.2 Å². The Balaban J connectivity index is -0.0000000190. The topological polar surface area (TPSA) is 164 Å². The van der Waals surface area contributed by atoms with Gasteiger partial charge in [-0.15, -0.1) is 13.2 Å². The third-order valence-electron chi connectivity index (χ3n) is 0. The zero-order chi connectivity index (χ0) is 14.8. The van der Waals surface area contributed by atoms with Crippen LogP contribution < -0.4 is 0 Å². The summed E-state index contributed by atoms with van der Waals surface area (Å²) in [5, 5.41) is 21.6. The maximum absolute atomic E-state index is 8.35. The number of rotatable bonds is 0. The van der Waals surface area contributed by atoms with Gasteiger partial charge in [-0.1, -0.05) is 13.8 Å². The molecule has 0 aliphatic carbocycles. The molecule has 0 aromatic heterocycles. The zero-order valence-corrected chi connectivity index (χ0v) is 9.05. The molecule has 0 unspecified atom stereocenters. The quantitative estimate of drug-likeness (QED) is 0.281. The minimum Gasteiger partial charge on any atom is -0.222 e. The molecule has 0 heterocycles. The van der Waals surface area contributed by atoms with Gasteiger partial charge in [0, 0.05) is 0 Å². The van der Waals surface area contributed by atoms with Crippen LogP contribution in [0.25, 0.3) is 0 Å². The van der Waals surface area contributed by atoms with E-state index < -0.39 is 0 Å². The lowest BCUT2D eigenvalue weighted by Gasteiger charge is -1.07. The second kappa shape index (κ2) is 979. The van der Waals surface area contributed by atoms with Gasteiger partial charge in [0.15, 0.2) is 0 Å². The molecule has 0 aromatic carbocycles. The van der Waals surface area contributed by atoms with E-state index in [2.05, 4.69) is 13.2 Å². The van der Waals surface area contributed by atoms with Crippen molar-refractivity contribution in [3.05, 3.63) is 13.2 Å². The summed E-state index contributed by atoms with van der Waals surface area (Å²) in [5.74, 6) is 0. The number of carbonyl (C=O) groups excluding carboxylic acids is 4. The van der Waals surface area contributed by atoms with Crippen LogP contribution in [-0.4, -0.2) is 24.3 Å². The zero-order valence-electron chi connectivity index (χ0n) is 9.05. The lowest BCUT2D eigenvalue weighted by molar-refractivity contribution is 0.562. The highest BCUT2D eigenvalue weighted by Gasteiger charge is 1.04. The van der Waals surface area contributed by atoms with E-state index >= 15 is 0 Å². The average Bonchev–Trinajstić information content (AvgIpc) is 2.27. The Morgan fingerprint density at radius 3 is 0.625 bits per heavy atom. The Hall–Kier alpha value is -2.74. The molecule has 0 saturated heterocycles. The van der Waals surface area contributed by atoms with Crippen molar-refractivity contribution in [1.29, 1.82) is 21.6 Å². The van der Waals surface area contributed by atoms with Gasteiger partial charge in [0.05, 0.1) is 0 Å².